The van der Waals surface area contributed by atoms with E-state index in [4.69, 9.17) is 4.43 Å². The second kappa shape index (κ2) is 5.10. The molecule has 1 aliphatic carbocycles. The van der Waals surface area contributed by atoms with E-state index < -0.39 is 13.9 Å². The van der Waals surface area contributed by atoms with Gasteiger partial charge in [0, 0.05) is 6.10 Å². The largest absolute Gasteiger partial charge is 0.414 e. The van der Waals surface area contributed by atoms with E-state index in [2.05, 4.69) is 46.9 Å². The van der Waals surface area contributed by atoms with Crippen LogP contribution in [0.5, 0.6) is 0 Å². The predicted molar refractivity (Wildman–Crippen MR) is 80.3 cm³/mol. The highest BCUT2D eigenvalue weighted by molar-refractivity contribution is 6.74. The van der Waals surface area contributed by atoms with Gasteiger partial charge in [-0.25, -0.2) is 0 Å². The van der Waals surface area contributed by atoms with Crippen LogP contribution in [0.15, 0.2) is 11.6 Å². The lowest BCUT2D eigenvalue weighted by Crippen LogP contribution is -2.43. The molecule has 1 aliphatic rings. The minimum atomic E-state index is -1.70. The molecule has 0 fully saturated rings. The number of hydrogen-bond acceptors (Lipinski definition) is 2. The zero-order valence-electron chi connectivity index (χ0n) is 13.1. The maximum absolute atomic E-state index is 10.2. The van der Waals surface area contributed by atoms with Gasteiger partial charge in [-0.1, -0.05) is 26.8 Å². The molecular formula is C15H30O2Si. The zero-order valence-corrected chi connectivity index (χ0v) is 14.1. The van der Waals surface area contributed by atoms with Crippen LogP contribution in [0.2, 0.25) is 18.1 Å². The van der Waals surface area contributed by atoms with Gasteiger partial charge in [-0.3, -0.25) is 0 Å². The van der Waals surface area contributed by atoms with Crippen molar-refractivity contribution in [3.8, 4) is 0 Å². The molecule has 2 unspecified atom stereocenters. The van der Waals surface area contributed by atoms with Gasteiger partial charge in [-0.15, -0.1) is 0 Å². The summed E-state index contributed by atoms with van der Waals surface area (Å²) >= 11 is 0. The minimum Gasteiger partial charge on any atom is -0.414 e. The fourth-order valence-corrected chi connectivity index (χ4v) is 3.69. The molecule has 0 saturated heterocycles. The topological polar surface area (TPSA) is 29.5 Å². The average Bonchev–Trinajstić information content (AvgIpc) is 2.42. The number of hydrogen-bond donors (Lipinski definition) is 1. The molecule has 2 nitrogen and oxygen atoms in total. The van der Waals surface area contributed by atoms with Crippen molar-refractivity contribution in [3.05, 3.63) is 11.6 Å². The molecule has 0 amide bonds. The van der Waals surface area contributed by atoms with E-state index in [1.54, 1.807) is 0 Å². The van der Waals surface area contributed by atoms with Crippen LogP contribution in [-0.4, -0.2) is 25.1 Å². The lowest BCUT2D eigenvalue weighted by Gasteiger charge is -2.39. The Morgan fingerprint density at radius 3 is 2.39 bits per heavy atom. The first-order valence-corrected chi connectivity index (χ1v) is 9.96. The Morgan fingerprint density at radius 1 is 1.44 bits per heavy atom. The van der Waals surface area contributed by atoms with Gasteiger partial charge in [0.05, 0.1) is 5.60 Å². The summed E-state index contributed by atoms with van der Waals surface area (Å²) in [5.41, 5.74) is 0.555. The first kappa shape index (κ1) is 15.9. The fourth-order valence-electron chi connectivity index (χ4n) is 2.24. The lowest BCUT2D eigenvalue weighted by molar-refractivity contribution is 0.0872. The van der Waals surface area contributed by atoms with Crippen LogP contribution >= 0.6 is 0 Å². The highest BCUT2D eigenvalue weighted by atomic mass is 28.4. The molecule has 0 aromatic rings. The summed E-state index contributed by atoms with van der Waals surface area (Å²) < 4.78 is 6.34. The Kier molecular flexibility index (Phi) is 4.52. The normalized spacial score (nSPS) is 27.2. The highest BCUT2D eigenvalue weighted by Gasteiger charge is 2.39. The van der Waals surface area contributed by atoms with E-state index in [1.807, 2.05) is 6.92 Å². The predicted octanol–water partition coefficient (Wildman–Crippen LogP) is 4.26. The standard InChI is InChI=1S/C15H30O2Si/c1-12(17-18(6,7)14(2,3)4)11-13-9-8-10-15(13,5)16/h9,12,16H,8,10-11H2,1-7H3. The van der Waals surface area contributed by atoms with Gasteiger partial charge in [0.15, 0.2) is 8.32 Å². The number of rotatable bonds is 4. The molecule has 18 heavy (non-hydrogen) atoms. The van der Waals surface area contributed by atoms with E-state index in [9.17, 15) is 5.11 Å². The quantitative estimate of drug-likeness (QED) is 0.611. The van der Waals surface area contributed by atoms with Crippen LogP contribution < -0.4 is 0 Å². The van der Waals surface area contributed by atoms with Crippen LogP contribution in [0.25, 0.3) is 0 Å². The van der Waals surface area contributed by atoms with E-state index in [0.29, 0.717) is 0 Å². The van der Waals surface area contributed by atoms with Gasteiger partial charge in [-0.2, -0.15) is 0 Å². The second-order valence-corrected chi connectivity index (χ2v) is 12.2. The van der Waals surface area contributed by atoms with Gasteiger partial charge in [-0.05, 0) is 56.8 Å². The van der Waals surface area contributed by atoms with Crippen molar-refractivity contribution in [2.24, 2.45) is 0 Å². The molecule has 0 spiro atoms. The number of aliphatic hydroxyl groups is 1. The Morgan fingerprint density at radius 2 is 2.00 bits per heavy atom. The molecule has 0 aromatic carbocycles. The molecule has 106 valence electrons. The SMILES string of the molecule is CC(CC1=CCCC1(C)O)O[Si](C)(C)C(C)(C)C. The molecule has 0 aliphatic heterocycles. The third-order valence-electron chi connectivity index (χ3n) is 4.52. The molecule has 0 saturated carbocycles. The molecule has 1 N–H and O–H groups in total. The van der Waals surface area contributed by atoms with Gasteiger partial charge >= 0.3 is 0 Å². The Bertz CT molecular complexity index is 324. The Balaban J connectivity index is 2.60. The van der Waals surface area contributed by atoms with Gasteiger partial charge in [0.1, 0.15) is 0 Å². The summed E-state index contributed by atoms with van der Waals surface area (Å²) in [7, 11) is -1.70. The molecule has 2 atom stereocenters. The van der Waals surface area contributed by atoms with Gasteiger partial charge < -0.3 is 9.53 Å². The smallest absolute Gasteiger partial charge is 0.192 e. The van der Waals surface area contributed by atoms with Crippen molar-refractivity contribution >= 4 is 8.32 Å². The average molecular weight is 270 g/mol. The van der Waals surface area contributed by atoms with Crippen molar-refractivity contribution in [1.29, 1.82) is 0 Å². The van der Waals surface area contributed by atoms with E-state index in [0.717, 1.165) is 24.8 Å². The van der Waals surface area contributed by atoms with Crippen LogP contribution in [0.3, 0.4) is 0 Å². The summed E-state index contributed by atoms with van der Waals surface area (Å²) in [5, 5.41) is 10.5. The minimum absolute atomic E-state index is 0.196. The lowest BCUT2D eigenvalue weighted by atomic mass is 9.94. The van der Waals surface area contributed by atoms with Crippen molar-refractivity contribution in [1.82, 2.24) is 0 Å². The third kappa shape index (κ3) is 3.69. The molecule has 0 aromatic heterocycles. The Hall–Kier alpha value is -0.123. The zero-order chi connectivity index (χ0) is 14.2. The second-order valence-electron chi connectivity index (χ2n) is 7.43. The van der Waals surface area contributed by atoms with Crippen molar-refractivity contribution < 1.29 is 9.53 Å². The summed E-state index contributed by atoms with van der Waals surface area (Å²) in [6.45, 7) is 15.4. The molecule has 0 heterocycles. The van der Waals surface area contributed by atoms with Gasteiger partial charge in [0.2, 0.25) is 0 Å². The molecular weight excluding hydrogens is 240 g/mol. The monoisotopic (exact) mass is 270 g/mol. The fraction of sp³-hybridized carbons (Fsp3) is 0.867. The molecule has 1 rings (SSSR count). The van der Waals surface area contributed by atoms with Crippen LogP contribution in [0.1, 0.15) is 53.9 Å². The van der Waals surface area contributed by atoms with Crippen LogP contribution in [-0.2, 0) is 4.43 Å². The van der Waals surface area contributed by atoms with E-state index in [-0.39, 0.29) is 11.1 Å². The Labute approximate surface area is 114 Å². The molecule has 3 heteroatoms. The molecule has 0 bridgehead atoms. The van der Waals surface area contributed by atoms with Crippen molar-refractivity contribution in [2.75, 3.05) is 0 Å². The van der Waals surface area contributed by atoms with E-state index >= 15 is 0 Å². The summed E-state index contributed by atoms with van der Waals surface area (Å²) in [4.78, 5) is 0. The maximum atomic E-state index is 10.2. The highest BCUT2D eigenvalue weighted by Crippen LogP contribution is 2.39. The maximum Gasteiger partial charge on any atom is 0.192 e. The molecule has 0 radical (unpaired) electrons. The first-order chi connectivity index (χ1) is 7.96. The summed E-state index contributed by atoms with van der Waals surface area (Å²) in [6, 6.07) is 0. The first-order valence-electron chi connectivity index (χ1n) is 7.05. The van der Waals surface area contributed by atoms with E-state index in [1.165, 1.54) is 0 Å². The third-order valence-corrected chi connectivity index (χ3v) is 9.13. The van der Waals surface area contributed by atoms with Crippen LogP contribution in [0.4, 0.5) is 0 Å². The number of allylic oxidation sites excluding steroid dienone is 1. The van der Waals surface area contributed by atoms with Crippen LogP contribution in [0, 0.1) is 0 Å². The van der Waals surface area contributed by atoms with Crippen molar-refractivity contribution in [2.45, 2.75) is 83.7 Å². The van der Waals surface area contributed by atoms with Crippen molar-refractivity contribution in [3.63, 3.8) is 0 Å². The summed E-state index contributed by atoms with van der Waals surface area (Å²) in [5.74, 6) is 0. The van der Waals surface area contributed by atoms with Gasteiger partial charge in [0.25, 0.3) is 0 Å². The summed E-state index contributed by atoms with van der Waals surface area (Å²) in [6.07, 6.45) is 5.09.